The molecule has 0 unspecified atom stereocenters. The third-order valence-corrected chi connectivity index (χ3v) is 6.52. The number of furan rings is 3. The molecule has 3 aromatic heterocycles. The first-order valence-electron chi connectivity index (χ1n) is 12.5. The molecular formula is C30H28O11. The maximum absolute atomic E-state index is 12.6. The molecule has 5 aromatic rings. The SMILES string of the molecule is COc1c(C(C)=O)c(OCc2coc(COc3c(C(C)=O)c(OC)c4ccoc4c3OC)c2)c(OC)c2occc12. The van der Waals surface area contributed by atoms with E-state index in [0.29, 0.717) is 44.8 Å². The van der Waals surface area contributed by atoms with E-state index in [1.807, 2.05) is 0 Å². The van der Waals surface area contributed by atoms with E-state index in [-0.39, 0.29) is 58.9 Å². The number of carbonyl (C=O) groups excluding carboxylic acids is 2. The fraction of sp³-hybridized carbons (Fsp3) is 0.267. The predicted octanol–water partition coefficient (Wildman–Crippen LogP) is 6.37. The summed E-state index contributed by atoms with van der Waals surface area (Å²) in [5, 5.41) is 1.18. The highest BCUT2D eigenvalue weighted by atomic mass is 16.5. The Morgan fingerprint density at radius 1 is 0.634 bits per heavy atom. The zero-order chi connectivity index (χ0) is 29.3. The van der Waals surface area contributed by atoms with Crippen molar-refractivity contribution in [1.82, 2.24) is 0 Å². The first-order valence-corrected chi connectivity index (χ1v) is 12.5. The number of carbonyl (C=O) groups is 2. The molecule has 41 heavy (non-hydrogen) atoms. The van der Waals surface area contributed by atoms with Crippen LogP contribution in [0.2, 0.25) is 0 Å². The predicted molar refractivity (Wildman–Crippen MR) is 146 cm³/mol. The largest absolute Gasteiger partial charge is 0.495 e. The summed E-state index contributed by atoms with van der Waals surface area (Å²) in [5.74, 6) is 1.45. The van der Waals surface area contributed by atoms with E-state index in [0.717, 1.165) is 0 Å². The van der Waals surface area contributed by atoms with Crippen LogP contribution in [0.1, 0.15) is 45.9 Å². The van der Waals surface area contributed by atoms with E-state index < -0.39 is 0 Å². The summed E-state index contributed by atoms with van der Waals surface area (Å²) in [6, 6.07) is 5.11. The van der Waals surface area contributed by atoms with Gasteiger partial charge in [-0.15, -0.1) is 0 Å². The average molecular weight is 565 g/mol. The van der Waals surface area contributed by atoms with E-state index >= 15 is 0 Å². The second-order valence-corrected chi connectivity index (χ2v) is 8.98. The third kappa shape index (κ3) is 4.69. The van der Waals surface area contributed by atoms with E-state index in [1.54, 1.807) is 18.2 Å². The molecule has 0 spiro atoms. The quantitative estimate of drug-likeness (QED) is 0.157. The van der Waals surface area contributed by atoms with Gasteiger partial charge in [-0.25, -0.2) is 0 Å². The van der Waals surface area contributed by atoms with Gasteiger partial charge in [0.2, 0.25) is 11.5 Å². The fourth-order valence-electron chi connectivity index (χ4n) is 4.82. The summed E-state index contributed by atoms with van der Waals surface area (Å²) < 4.78 is 51.2. The second-order valence-electron chi connectivity index (χ2n) is 8.98. The van der Waals surface area contributed by atoms with Gasteiger partial charge in [0, 0.05) is 5.56 Å². The monoisotopic (exact) mass is 564 g/mol. The first kappa shape index (κ1) is 27.5. The second kappa shape index (κ2) is 11.2. The van der Waals surface area contributed by atoms with Gasteiger partial charge in [0.1, 0.15) is 41.6 Å². The van der Waals surface area contributed by atoms with Crippen molar-refractivity contribution in [3.05, 3.63) is 59.4 Å². The van der Waals surface area contributed by atoms with Crippen LogP contribution in [0.25, 0.3) is 21.9 Å². The minimum Gasteiger partial charge on any atom is -0.495 e. The molecular weight excluding hydrogens is 536 g/mol. The van der Waals surface area contributed by atoms with Gasteiger partial charge >= 0.3 is 0 Å². The standard InChI is InChI=1S/C30H28O11/c1-15(31)21-23(33-3)19-7-9-37-25(19)29(35-5)27(21)40-13-17-11-18(39-12-17)14-41-28-22(16(2)32)24(34-4)20-8-10-38-26(20)30(28)36-6/h7-12H,13-14H2,1-6H3. The van der Waals surface area contributed by atoms with Crippen molar-refractivity contribution >= 4 is 33.5 Å². The highest BCUT2D eigenvalue weighted by Crippen LogP contribution is 2.48. The number of hydrogen-bond donors (Lipinski definition) is 0. The van der Waals surface area contributed by atoms with Crippen LogP contribution in [0.4, 0.5) is 0 Å². The van der Waals surface area contributed by atoms with E-state index in [2.05, 4.69) is 0 Å². The van der Waals surface area contributed by atoms with Crippen LogP contribution < -0.4 is 28.4 Å². The fourth-order valence-corrected chi connectivity index (χ4v) is 4.82. The van der Waals surface area contributed by atoms with Crippen molar-refractivity contribution in [2.24, 2.45) is 0 Å². The summed E-state index contributed by atoms with van der Waals surface area (Å²) >= 11 is 0. The van der Waals surface area contributed by atoms with Crippen LogP contribution >= 0.6 is 0 Å². The lowest BCUT2D eigenvalue weighted by Crippen LogP contribution is -2.07. The molecule has 5 rings (SSSR count). The summed E-state index contributed by atoms with van der Waals surface area (Å²) in [5.41, 5.74) is 1.88. The molecule has 0 atom stereocenters. The molecule has 11 nitrogen and oxygen atoms in total. The molecule has 0 N–H and O–H groups in total. The lowest BCUT2D eigenvalue weighted by molar-refractivity contribution is 0.0996. The number of benzene rings is 2. The Morgan fingerprint density at radius 3 is 1.54 bits per heavy atom. The molecule has 0 aliphatic rings. The Bertz CT molecular complexity index is 1630. The van der Waals surface area contributed by atoms with Crippen molar-refractivity contribution in [3.8, 4) is 34.5 Å². The smallest absolute Gasteiger partial charge is 0.205 e. The lowest BCUT2D eigenvalue weighted by atomic mass is 10.0. The molecule has 0 radical (unpaired) electrons. The number of ether oxygens (including phenoxy) is 6. The molecule has 0 aliphatic heterocycles. The molecule has 0 saturated carbocycles. The van der Waals surface area contributed by atoms with Crippen LogP contribution in [-0.4, -0.2) is 40.0 Å². The highest BCUT2D eigenvalue weighted by molar-refractivity contribution is 6.09. The van der Waals surface area contributed by atoms with Crippen LogP contribution in [0, 0.1) is 0 Å². The Balaban J connectivity index is 1.42. The Labute approximate surface area is 234 Å². The van der Waals surface area contributed by atoms with Crippen molar-refractivity contribution in [3.63, 3.8) is 0 Å². The zero-order valence-electron chi connectivity index (χ0n) is 23.4. The van der Waals surface area contributed by atoms with Crippen LogP contribution in [0.3, 0.4) is 0 Å². The Kier molecular flexibility index (Phi) is 7.52. The molecule has 2 aromatic carbocycles. The molecule has 3 heterocycles. The summed E-state index contributed by atoms with van der Waals surface area (Å²) in [4.78, 5) is 25.2. The maximum atomic E-state index is 12.6. The number of ketones is 2. The Morgan fingerprint density at radius 2 is 1.10 bits per heavy atom. The third-order valence-electron chi connectivity index (χ3n) is 6.52. The van der Waals surface area contributed by atoms with Gasteiger partial charge in [-0.1, -0.05) is 0 Å². The highest BCUT2D eigenvalue weighted by Gasteiger charge is 2.29. The minimum atomic E-state index is -0.272. The van der Waals surface area contributed by atoms with Crippen LogP contribution in [0.5, 0.6) is 34.5 Å². The minimum absolute atomic E-state index is 0.0315. The van der Waals surface area contributed by atoms with Gasteiger partial charge in [0.25, 0.3) is 0 Å². The van der Waals surface area contributed by atoms with Gasteiger partial charge in [-0.2, -0.15) is 0 Å². The summed E-state index contributed by atoms with van der Waals surface area (Å²) in [6.07, 6.45) is 4.46. The number of fused-ring (bicyclic) bond motifs is 2. The molecule has 11 heteroatoms. The lowest BCUT2D eigenvalue weighted by Gasteiger charge is -2.17. The molecule has 0 fully saturated rings. The number of rotatable bonds is 12. The molecule has 0 aliphatic carbocycles. The number of methoxy groups -OCH3 is 4. The summed E-state index contributed by atoms with van der Waals surface area (Å²) in [6.45, 7) is 2.82. The van der Waals surface area contributed by atoms with E-state index in [1.165, 1.54) is 61.1 Å². The molecule has 0 saturated heterocycles. The number of hydrogen-bond acceptors (Lipinski definition) is 11. The van der Waals surface area contributed by atoms with E-state index in [4.69, 9.17) is 41.7 Å². The molecule has 214 valence electrons. The van der Waals surface area contributed by atoms with Crippen molar-refractivity contribution < 1.29 is 51.3 Å². The van der Waals surface area contributed by atoms with Crippen LogP contribution in [-0.2, 0) is 13.2 Å². The average Bonchev–Trinajstić information content (AvgIpc) is 3.73. The molecule has 0 bridgehead atoms. The zero-order valence-corrected chi connectivity index (χ0v) is 23.4. The van der Waals surface area contributed by atoms with Gasteiger partial charge < -0.3 is 41.7 Å². The van der Waals surface area contributed by atoms with Gasteiger partial charge in [-0.05, 0) is 32.0 Å². The van der Waals surface area contributed by atoms with E-state index in [9.17, 15) is 9.59 Å². The normalized spacial score (nSPS) is 11.1. The van der Waals surface area contributed by atoms with Gasteiger partial charge in [0.05, 0.1) is 58.0 Å². The van der Waals surface area contributed by atoms with Crippen LogP contribution in [0.15, 0.2) is 50.2 Å². The van der Waals surface area contributed by atoms with Crippen molar-refractivity contribution in [1.29, 1.82) is 0 Å². The topological polar surface area (TPSA) is 129 Å². The van der Waals surface area contributed by atoms with Crippen molar-refractivity contribution in [2.45, 2.75) is 27.1 Å². The number of Topliss-reactive ketones (excluding diaryl/α,β-unsaturated/α-hetero) is 2. The summed E-state index contributed by atoms with van der Waals surface area (Å²) in [7, 11) is 5.86. The maximum Gasteiger partial charge on any atom is 0.205 e. The molecule has 0 amide bonds. The van der Waals surface area contributed by atoms with Gasteiger partial charge in [0.15, 0.2) is 34.2 Å². The first-order chi connectivity index (χ1) is 19.8. The Hall–Kier alpha value is -5.06. The van der Waals surface area contributed by atoms with Crippen molar-refractivity contribution in [2.75, 3.05) is 28.4 Å². The van der Waals surface area contributed by atoms with Gasteiger partial charge in [-0.3, -0.25) is 9.59 Å².